The van der Waals surface area contributed by atoms with Gasteiger partial charge in [-0.3, -0.25) is 19.3 Å². The highest BCUT2D eigenvalue weighted by atomic mass is 16.5. The van der Waals surface area contributed by atoms with E-state index in [9.17, 15) is 14.4 Å². The number of morpholine rings is 1. The SMILES string of the molecule is CC(=O)N1C[C@H](NC(=O)CN2CCOCC2)[C@H](C(N)=O)C1. The average molecular weight is 298 g/mol. The van der Waals surface area contributed by atoms with Gasteiger partial charge in [0.05, 0.1) is 31.7 Å². The molecule has 0 aromatic rings. The molecule has 2 aliphatic rings. The molecule has 0 spiro atoms. The maximum atomic E-state index is 12.1. The highest BCUT2D eigenvalue weighted by Gasteiger charge is 2.38. The molecule has 0 saturated carbocycles. The van der Waals surface area contributed by atoms with Crippen molar-refractivity contribution in [1.82, 2.24) is 15.1 Å². The number of hydrogen-bond acceptors (Lipinski definition) is 5. The summed E-state index contributed by atoms with van der Waals surface area (Å²) in [6.07, 6.45) is 0. The van der Waals surface area contributed by atoms with Crippen LogP contribution in [0, 0.1) is 5.92 Å². The first kappa shape index (κ1) is 15.7. The molecule has 2 heterocycles. The smallest absolute Gasteiger partial charge is 0.234 e. The van der Waals surface area contributed by atoms with E-state index in [4.69, 9.17) is 10.5 Å². The first-order valence-corrected chi connectivity index (χ1v) is 7.11. The molecule has 2 aliphatic heterocycles. The monoisotopic (exact) mass is 298 g/mol. The molecular formula is C13H22N4O4. The lowest BCUT2D eigenvalue weighted by molar-refractivity contribution is -0.128. The summed E-state index contributed by atoms with van der Waals surface area (Å²) in [6, 6.07) is -0.403. The van der Waals surface area contributed by atoms with Crippen molar-refractivity contribution in [2.24, 2.45) is 11.7 Å². The van der Waals surface area contributed by atoms with Crippen LogP contribution in [0.1, 0.15) is 6.92 Å². The second kappa shape index (κ2) is 6.86. The van der Waals surface area contributed by atoms with Crippen LogP contribution in [0.5, 0.6) is 0 Å². The van der Waals surface area contributed by atoms with Crippen molar-refractivity contribution in [3.8, 4) is 0 Å². The fourth-order valence-corrected chi connectivity index (χ4v) is 2.71. The standard InChI is InChI=1S/C13H22N4O4/c1-9(18)17-6-10(13(14)20)11(7-17)15-12(19)8-16-2-4-21-5-3-16/h10-11H,2-8H2,1H3,(H2,14,20)(H,15,19)/t10-,11+/m1/s1. The topological polar surface area (TPSA) is 105 Å². The summed E-state index contributed by atoms with van der Waals surface area (Å²) in [5.74, 6) is -1.29. The van der Waals surface area contributed by atoms with Crippen molar-refractivity contribution in [3.05, 3.63) is 0 Å². The molecule has 0 aromatic heterocycles. The summed E-state index contributed by atoms with van der Waals surface area (Å²) >= 11 is 0. The number of nitrogens with one attached hydrogen (secondary N) is 1. The highest BCUT2D eigenvalue weighted by Crippen LogP contribution is 2.17. The Kier molecular flexibility index (Phi) is 5.13. The quantitative estimate of drug-likeness (QED) is 0.611. The average Bonchev–Trinajstić information content (AvgIpc) is 2.84. The lowest BCUT2D eigenvalue weighted by atomic mass is 10.0. The third kappa shape index (κ3) is 4.15. The molecular weight excluding hydrogens is 276 g/mol. The van der Waals surface area contributed by atoms with E-state index in [0.29, 0.717) is 19.8 Å². The molecule has 0 bridgehead atoms. The minimum absolute atomic E-state index is 0.119. The van der Waals surface area contributed by atoms with Crippen molar-refractivity contribution in [1.29, 1.82) is 0 Å². The van der Waals surface area contributed by atoms with E-state index >= 15 is 0 Å². The molecule has 8 nitrogen and oxygen atoms in total. The number of primary amides is 1. The second-order valence-corrected chi connectivity index (χ2v) is 5.50. The zero-order valence-corrected chi connectivity index (χ0v) is 12.2. The maximum Gasteiger partial charge on any atom is 0.234 e. The molecule has 0 radical (unpaired) electrons. The second-order valence-electron chi connectivity index (χ2n) is 5.50. The van der Waals surface area contributed by atoms with E-state index < -0.39 is 17.9 Å². The predicted octanol–water partition coefficient (Wildman–Crippen LogP) is -2.23. The Morgan fingerprint density at radius 3 is 2.48 bits per heavy atom. The molecule has 8 heteroatoms. The van der Waals surface area contributed by atoms with E-state index in [1.807, 2.05) is 4.90 Å². The van der Waals surface area contributed by atoms with Gasteiger partial charge in [0.2, 0.25) is 17.7 Å². The lowest BCUT2D eigenvalue weighted by Crippen LogP contribution is -2.49. The number of carbonyl (C=O) groups excluding carboxylic acids is 3. The normalized spacial score (nSPS) is 26.6. The van der Waals surface area contributed by atoms with Crippen molar-refractivity contribution >= 4 is 17.7 Å². The van der Waals surface area contributed by atoms with Gasteiger partial charge in [-0.25, -0.2) is 0 Å². The summed E-state index contributed by atoms with van der Waals surface area (Å²) in [5, 5.41) is 2.83. The van der Waals surface area contributed by atoms with Crippen molar-refractivity contribution in [3.63, 3.8) is 0 Å². The highest BCUT2D eigenvalue weighted by molar-refractivity contribution is 5.83. The third-order valence-corrected chi connectivity index (χ3v) is 3.95. The summed E-state index contributed by atoms with van der Waals surface area (Å²) in [6.45, 7) is 5.00. The minimum Gasteiger partial charge on any atom is -0.379 e. The molecule has 0 aliphatic carbocycles. The van der Waals surface area contributed by atoms with Crippen LogP contribution in [0.4, 0.5) is 0 Å². The number of hydrogen-bond donors (Lipinski definition) is 2. The number of carbonyl (C=O) groups is 3. The van der Waals surface area contributed by atoms with Crippen LogP contribution in [0.3, 0.4) is 0 Å². The van der Waals surface area contributed by atoms with Crippen molar-refractivity contribution in [2.75, 3.05) is 45.9 Å². The molecule has 0 aromatic carbocycles. The zero-order valence-electron chi connectivity index (χ0n) is 12.2. The number of amides is 3. The van der Waals surface area contributed by atoms with Gasteiger partial charge >= 0.3 is 0 Å². The van der Waals surface area contributed by atoms with Crippen molar-refractivity contribution in [2.45, 2.75) is 13.0 Å². The van der Waals surface area contributed by atoms with Gasteiger partial charge in [0.1, 0.15) is 0 Å². The van der Waals surface area contributed by atoms with E-state index in [1.54, 1.807) is 0 Å². The van der Waals surface area contributed by atoms with E-state index in [2.05, 4.69) is 5.32 Å². The lowest BCUT2D eigenvalue weighted by Gasteiger charge is -2.27. The number of nitrogens with two attached hydrogens (primary N) is 1. The van der Waals surface area contributed by atoms with Crippen LogP contribution >= 0.6 is 0 Å². The number of rotatable bonds is 4. The Balaban J connectivity index is 1.88. The number of nitrogens with zero attached hydrogens (tertiary/aromatic N) is 2. The summed E-state index contributed by atoms with van der Waals surface area (Å²) in [5.41, 5.74) is 5.36. The fraction of sp³-hybridized carbons (Fsp3) is 0.769. The molecule has 118 valence electrons. The summed E-state index contributed by atoms with van der Waals surface area (Å²) in [4.78, 5) is 38.5. The Morgan fingerprint density at radius 1 is 1.24 bits per heavy atom. The van der Waals surface area contributed by atoms with Crippen LogP contribution in [0.15, 0.2) is 0 Å². The summed E-state index contributed by atoms with van der Waals surface area (Å²) < 4.78 is 5.22. The van der Waals surface area contributed by atoms with E-state index in [1.165, 1.54) is 11.8 Å². The number of ether oxygens (including phenoxy) is 1. The van der Waals surface area contributed by atoms with Gasteiger partial charge in [-0.2, -0.15) is 0 Å². The molecule has 3 N–H and O–H groups in total. The Labute approximate surface area is 123 Å². The molecule has 21 heavy (non-hydrogen) atoms. The third-order valence-electron chi connectivity index (χ3n) is 3.95. The fourth-order valence-electron chi connectivity index (χ4n) is 2.71. The van der Waals surface area contributed by atoms with Gasteiger partial charge < -0.3 is 20.7 Å². The molecule has 2 fully saturated rings. The van der Waals surface area contributed by atoms with Crippen molar-refractivity contribution < 1.29 is 19.1 Å². The molecule has 0 unspecified atom stereocenters. The van der Waals surface area contributed by atoms with Gasteiger partial charge in [-0.15, -0.1) is 0 Å². The van der Waals surface area contributed by atoms with Crippen LogP contribution in [-0.4, -0.2) is 79.5 Å². The van der Waals surface area contributed by atoms with Crippen LogP contribution in [0.2, 0.25) is 0 Å². The molecule has 2 rings (SSSR count). The Hall–Kier alpha value is -1.67. The van der Waals surface area contributed by atoms with Gasteiger partial charge in [-0.1, -0.05) is 0 Å². The van der Waals surface area contributed by atoms with Gasteiger partial charge in [0, 0.05) is 33.1 Å². The Bertz CT molecular complexity index is 422. The molecule has 2 atom stereocenters. The van der Waals surface area contributed by atoms with Gasteiger partial charge in [0.15, 0.2) is 0 Å². The predicted molar refractivity (Wildman–Crippen MR) is 74.1 cm³/mol. The Morgan fingerprint density at radius 2 is 1.90 bits per heavy atom. The van der Waals surface area contributed by atoms with Gasteiger partial charge in [-0.05, 0) is 0 Å². The van der Waals surface area contributed by atoms with Crippen LogP contribution in [-0.2, 0) is 19.1 Å². The molecule has 2 saturated heterocycles. The summed E-state index contributed by atoms with van der Waals surface area (Å²) in [7, 11) is 0. The maximum absolute atomic E-state index is 12.1. The van der Waals surface area contributed by atoms with E-state index in [-0.39, 0.29) is 24.9 Å². The van der Waals surface area contributed by atoms with Crippen LogP contribution in [0.25, 0.3) is 0 Å². The zero-order chi connectivity index (χ0) is 15.4. The van der Waals surface area contributed by atoms with Crippen LogP contribution < -0.4 is 11.1 Å². The first-order chi connectivity index (χ1) is 9.97. The molecule has 3 amide bonds. The first-order valence-electron chi connectivity index (χ1n) is 7.11. The van der Waals surface area contributed by atoms with Gasteiger partial charge in [0.25, 0.3) is 0 Å². The largest absolute Gasteiger partial charge is 0.379 e. The number of likely N-dealkylation sites (tertiary alicyclic amines) is 1. The minimum atomic E-state index is -0.525. The van der Waals surface area contributed by atoms with E-state index in [0.717, 1.165) is 13.1 Å².